The van der Waals surface area contributed by atoms with Gasteiger partial charge in [0.2, 0.25) is 5.91 Å². The molecule has 480 valence electrons. The first-order valence-corrected chi connectivity index (χ1v) is 31.1. The summed E-state index contributed by atoms with van der Waals surface area (Å²) < 4.78 is 72.2. The molecule has 0 spiro atoms. The number of hydrogen-bond donors (Lipinski definition) is 1. The van der Waals surface area contributed by atoms with E-state index in [-0.39, 0.29) is 91.0 Å². The van der Waals surface area contributed by atoms with Crippen LogP contribution < -0.4 is 5.32 Å². The molecule has 1 saturated heterocycles. The summed E-state index contributed by atoms with van der Waals surface area (Å²) in [7, 11) is 11.1. The zero-order valence-electron chi connectivity index (χ0n) is 57.4. The van der Waals surface area contributed by atoms with Crippen molar-refractivity contribution in [1.82, 2.24) is 5.32 Å². The molecule has 1 aliphatic heterocycles. The third kappa shape index (κ3) is 66.2. The molecule has 0 aromatic heterocycles. The van der Waals surface area contributed by atoms with Gasteiger partial charge in [-0.2, -0.15) is 0 Å². The van der Waals surface area contributed by atoms with Crippen LogP contribution in [0.3, 0.4) is 0 Å². The Hall–Kier alpha value is -0.920. The third-order valence-corrected chi connectivity index (χ3v) is 10.2. The number of carbonyl (C=O) groups excluding carboxylic acids is 1. The Kier molecular flexibility index (Phi) is 61.4. The van der Waals surface area contributed by atoms with Crippen molar-refractivity contribution in [3.8, 4) is 0 Å². The number of nitrogens with one attached hydrogen (secondary N) is 1. The Bertz CT molecular complexity index is 1280. The van der Waals surface area contributed by atoms with Crippen LogP contribution in [0, 0.1) is 0 Å². The summed E-state index contributed by atoms with van der Waals surface area (Å²) >= 11 is 0. The molecule has 1 N–H and O–H groups in total. The van der Waals surface area contributed by atoms with Gasteiger partial charge in [0.05, 0.1) is 152 Å². The van der Waals surface area contributed by atoms with Gasteiger partial charge in [0.1, 0.15) is 12.2 Å². The lowest BCUT2D eigenvalue weighted by molar-refractivity contribution is -0.130. The summed E-state index contributed by atoms with van der Waals surface area (Å²) in [5.41, 5.74) is -0.349. The van der Waals surface area contributed by atoms with Gasteiger partial charge in [0.25, 0.3) is 0 Å². The predicted octanol–water partition coefficient (Wildman–Crippen LogP) is 13.7. The van der Waals surface area contributed by atoms with Crippen LogP contribution in [0.25, 0.3) is 0 Å². The summed E-state index contributed by atoms with van der Waals surface area (Å²) in [5.74, 6) is -0.0204. The Morgan fingerprint density at radius 2 is 0.863 bits per heavy atom. The largest absolute Gasteiger partial charge is 0.379 e. The number of rotatable bonds is 38. The number of carbonyl (C=O) groups is 1. The van der Waals surface area contributed by atoms with E-state index in [0.717, 1.165) is 38.9 Å². The van der Waals surface area contributed by atoms with E-state index < -0.39 is 0 Å². The van der Waals surface area contributed by atoms with Gasteiger partial charge in [-0.1, -0.05) is 46.3 Å². The van der Waals surface area contributed by atoms with E-state index >= 15 is 0 Å². The molecule has 15 nitrogen and oxygen atoms in total. The molecular weight excluding hydrogens is 1020 g/mol. The minimum atomic E-state index is -0.349. The van der Waals surface area contributed by atoms with E-state index in [2.05, 4.69) is 74.6 Å². The van der Waals surface area contributed by atoms with Gasteiger partial charge >= 0.3 is 0 Å². The van der Waals surface area contributed by atoms with E-state index in [0.29, 0.717) is 82.6 Å². The number of hydrogen-bond acceptors (Lipinski definition) is 14. The molecule has 17 heteroatoms. The van der Waals surface area contributed by atoms with Gasteiger partial charge < -0.3 is 66.9 Å². The second-order valence-corrected chi connectivity index (χ2v) is 23.8. The van der Waals surface area contributed by atoms with Crippen LogP contribution in [0.4, 0.5) is 0 Å². The fourth-order valence-electron chi connectivity index (χ4n) is 6.99. The van der Waals surface area contributed by atoms with Crippen LogP contribution >= 0.6 is 0 Å². The van der Waals surface area contributed by atoms with Gasteiger partial charge in [-0.25, -0.2) is 0 Å². The van der Waals surface area contributed by atoms with Crippen molar-refractivity contribution in [2.45, 2.75) is 361 Å². The van der Waals surface area contributed by atoms with Crippen molar-refractivity contribution in [3.05, 3.63) is 0 Å². The molecule has 1 heterocycles. The number of amides is 1. The maximum atomic E-state index is 11.2. The third-order valence-electron chi connectivity index (χ3n) is 10.2. The Labute approximate surface area is 498 Å². The minimum Gasteiger partial charge on any atom is -0.379 e. The highest BCUT2D eigenvalue weighted by Crippen LogP contribution is 2.19. The first kappa shape index (κ1) is 87.9. The molecule has 0 bridgehead atoms. The second kappa shape index (κ2) is 55.9. The summed E-state index contributed by atoms with van der Waals surface area (Å²) in [6.45, 7) is 61.0. The van der Waals surface area contributed by atoms with Crippen molar-refractivity contribution in [1.29, 1.82) is 0 Å². The van der Waals surface area contributed by atoms with Crippen molar-refractivity contribution in [2.24, 2.45) is 0 Å². The predicted molar refractivity (Wildman–Crippen MR) is 335 cm³/mol. The molecule has 0 saturated carbocycles. The Morgan fingerprint density at radius 3 is 1.21 bits per heavy atom. The minimum absolute atomic E-state index is 0.0204. The maximum Gasteiger partial charge on any atom is 0.221 e. The van der Waals surface area contributed by atoms with Crippen molar-refractivity contribution < 1.29 is 66.4 Å². The zero-order chi connectivity index (χ0) is 63.0. The molecule has 0 aromatic carbocycles. The number of ether oxygens (including phenoxy) is 13. The van der Waals surface area contributed by atoms with Gasteiger partial charge in [-0.05, 0) is 192 Å². The van der Waals surface area contributed by atoms with Crippen LogP contribution in [-0.4, -0.2) is 183 Å². The van der Waals surface area contributed by atoms with Crippen LogP contribution in [0.5, 0.6) is 0 Å². The van der Waals surface area contributed by atoms with Crippen LogP contribution in [-0.2, 0) is 66.4 Å². The molecule has 1 amide bonds. The van der Waals surface area contributed by atoms with Gasteiger partial charge in [0, 0.05) is 13.0 Å². The van der Waals surface area contributed by atoms with E-state index in [1.54, 1.807) is 0 Å². The molecule has 1 rings (SSSR count). The summed E-state index contributed by atoms with van der Waals surface area (Å²) in [6, 6.07) is 0. The lowest BCUT2D eigenvalue weighted by atomic mass is 9.88. The van der Waals surface area contributed by atoms with E-state index in [1.165, 1.54) is 6.42 Å². The fourth-order valence-corrected chi connectivity index (χ4v) is 6.99. The van der Waals surface area contributed by atoms with Gasteiger partial charge in [0.15, 0.2) is 6.23 Å². The van der Waals surface area contributed by atoms with E-state index in [4.69, 9.17) is 77.3 Å². The van der Waals surface area contributed by atoms with Crippen molar-refractivity contribution in [3.63, 3.8) is 0 Å². The van der Waals surface area contributed by atoms with Crippen molar-refractivity contribution in [2.75, 3.05) is 46.2 Å². The highest BCUT2D eigenvalue weighted by atomic mass is 16.6. The molecule has 7 atom stereocenters. The Balaban J connectivity index is -0.000000282. The summed E-state index contributed by atoms with van der Waals surface area (Å²) in [4.78, 5) is 11.2. The van der Waals surface area contributed by atoms with Gasteiger partial charge in [-0.15, -0.1) is 0 Å². The van der Waals surface area contributed by atoms with E-state index in [9.17, 15) is 4.79 Å². The smallest absolute Gasteiger partial charge is 0.221 e. The highest BCUT2D eigenvalue weighted by Gasteiger charge is 2.31. The molecule has 1 aliphatic rings. The monoisotopic (exact) mass is 1150 g/mol. The highest BCUT2D eigenvalue weighted by molar-refractivity contribution is 6.09. The van der Waals surface area contributed by atoms with Crippen molar-refractivity contribution >= 4 is 21.6 Å². The molecule has 80 heavy (non-hydrogen) atoms. The standard InChI is InChI=1S/C12H26O2.C11H23NO3.C11H24O2.C10H21BO2.C10H20O3.C9H19BO2/c1-6-7-12(14-11(4)5)8-9-13-10(2)3;1-6-10(13)12-11(15-9(4)5)7-14-8(2)3;1-6-7-11(13-10(4)5)8-12-9(2)3;1-8(2)12-7-10(5,6-11)13-9(3)4;1-7(2)12-9-5-11-6-10(9)13-8(3)4;1-7(2)11-6-9(5-10)12-8(3)4/h10-12H,6-9H2,1-5H3;8-9,11H,6-7H2,1-5H3,(H,12,13);9-11H,6-8H2,1-5H3;8-9H,6-7H2,1-5H3;7-10H,5-6H2,1-4H3;7-9H,5-6H2,1-4H3/t;;;;9-,10?;/m....1./s1. The maximum absolute atomic E-state index is 11.2. The van der Waals surface area contributed by atoms with Crippen LogP contribution in [0.1, 0.15) is 232 Å². The first-order valence-electron chi connectivity index (χ1n) is 31.1. The lowest BCUT2D eigenvalue weighted by Gasteiger charge is -2.31. The molecule has 0 aromatic rings. The molecule has 4 radical (unpaired) electrons. The van der Waals surface area contributed by atoms with Crippen LogP contribution in [0.2, 0.25) is 12.6 Å². The topological polar surface area (TPSA) is 149 Å². The molecular formula is C63H133B2NO14. The van der Waals surface area contributed by atoms with Gasteiger partial charge in [-0.3, -0.25) is 4.79 Å². The SMILES string of the molecule is CC(C)OC1COC[C@H]1OC(C)C.CCC(=O)NC(COC(C)C)OC(C)C.CCCC(CCOC(C)C)OC(C)C.CCCC(COC(C)C)OC(C)C.[B]CC(C)(COC(C)C)OC(C)C.[B]CC(COC(C)C)OC(C)C. The average molecular weight is 1150 g/mol. The summed E-state index contributed by atoms with van der Waals surface area (Å²) in [5, 5.41) is 2.77. The molecule has 0 aliphatic carbocycles. The first-order chi connectivity index (χ1) is 37.1. The Morgan fingerprint density at radius 1 is 0.475 bits per heavy atom. The fraction of sp³-hybridized carbons (Fsp3) is 0.984. The van der Waals surface area contributed by atoms with E-state index in [1.807, 2.05) is 125 Å². The lowest BCUT2D eigenvalue weighted by Crippen LogP contribution is -2.41. The molecule has 1 fully saturated rings. The quantitative estimate of drug-likeness (QED) is 0.0461. The summed E-state index contributed by atoms with van der Waals surface area (Å²) in [6.07, 6.45) is 10.4. The van der Waals surface area contributed by atoms with Crippen LogP contribution in [0.15, 0.2) is 0 Å². The average Bonchev–Trinajstić information content (AvgIpc) is 3.75. The second-order valence-electron chi connectivity index (χ2n) is 23.8. The molecule has 6 unspecified atom stereocenters. The normalized spacial score (nSPS) is 16.8. The zero-order valence-corrected chi connectivity index (χ0v) is 57.4.